The van der Waals surface area contributed by atoms with Crippen LogP contribution in [0.4, 0.5) is 5.69 Å². The van der Waals surface area contributed by atoms with Crippen molar-refractivity contribution in [3.05, 3.63) is 53.3 Å². The van der Waals surface area contributed by atoms with Gasteiger partial charge < -0.3 is 5.32 Å². The van der Waals surface area contributed by atoms with Gasteiger partial charge in [-0.15, -0.1) is 0 Å². The molecule has 1 aromatic heterocycles. The molecule has 5 nitrogen and oxygen atoms in total. The number of benzene rings is 1. The number of nitrogens with one attached hydrogen (secondary N) is 1. The second-order valence-corrected chi connectivity index (χ2v) is 7.77. The van der Waals surface area contributed by atoms with Gasteiger partial charge in [-0.2, -0.15) is 0 Å². The van der Waals surface area contributed by atoms with Gasteiger partial charge in [0, 0.05) is 0 Å². The zero-order valence-corrected chi connectivity index (χ0v) is 13.6. The van der Waals surface area contributed by atoms with Gasteiger partial charge in [0.2, 0.25) is 0 Å². The number of pyridine rings is 1. The van der Waals surface area contributed by atoms with Crippen LogP contribution in [0.2, 0.25) is 5.15 Å². The SMILES string of the molecule is CC(C)S(=O)(=O)c1ccccc1C(=O)Nc1ccc(Cl)nc1. The number of anilines is 1. The molecule has 0 unspecified atom stereocenters. The molecule has 1 aromatic carbocycles. The Kier molecular flexibility index (Phi) is 4.83. The van der Waals surface area contributed by atoms with E-state index < -0.39 is 21.0 Å². The molecule has 0 saturated heterocycles. The van der Waals surface area contributed by atoms with Gasteiger partial charge in [0.1, 0.15) is 5.15 Å². The first kappa shape index (κ1) is 16.5. The molecule has 0 radical (unpaired) electrons. The summed E-state index contributed by atoms with van der Waals surface area (Å²) in [6.07, 6.45) is 1.40. The van der Waals surface area contributed by atoms with E-state index in [9.17, 15) is 13.2 Å². The first-order valence-electron chi connectivity index (χ1n) is 6.58. The van der Waals surface area contributed by atoms with Crippen LogP contribution < -0.4 is 5.32 Å². The summed E-state index contributed by atoms with van der Waals surface area (Å²) in [5.41, 5.74) is 0.539. The Hall–Kier alpha value is -1.92. The summed E-state index contributed by atoms with van der Waals surface area (Å²) in [6, 6.07) is 9.25. The summed E-state index contributed by atoms with van der Waals surface area (Å²) in [4.78, 5) is 16.2. The third-order valence-corrected chi connectivity index (χ3v) is 5.48. The number of carbonyl (C=O) groups excluding carboxylic acids is 1. The van der Waals surface area contributed by atoms with E-state index in [2.05, 4.69) is 10.3 Å². The number of aromatic nitrogens is 1. The fourth-order valence-corrected chi connectivity index (χ4v) is 3.16. The molecule has 0 spiro atoms. The maximum atomic E-state index is 12.4. The predicted octanol–water partition coefficient (Wildman–Crippen LogP) is 3.17. The van der Waals surface area contributed by atoms with Gasteiger partial charge in [-0.25, -0.2) is 13.4 Å². The van der Waals surface area contributed by atoms with E-state index in [0.717, 1.165) is 0 Å². The first-order valence-corrected chi connectivity index (χ1v) is 8.50. The van der Waals surface area contributed by atoms with Crippen molar-refractivity contribution < 1.29 is 13.2 Å². The Labute approximate surface area is 134 Å². The lowest BCUT2D eigenvalue weighted by molar-refractivity contribution is 0.102. The Bertz CT molecular complexity index is 787. The van der Waals surface area contributed by atoms with Gasteiger partial charge in [-0.3, -0.25) is 4.79 Å². The van der Waals surface area contributed by atoms with Crippen LogP contribution in [-0.2, 0) is 9.84 Å². The van der Waals surface area contributed by atoms with E-state index in [1.165, 1.54) is 24.4 Å². The number of amides is 1. The predicted molar refractivity (Wildman–Crippen MR) is 86.0 cm³/mol. The zero-order valence-electron chi connectivity index (χ0n) is 12.1. The van der Waals surface area contributed by atoms with E-state index in [1.54, 1.807) is 32.0 Å². The van der Waals surface area contributed by atoms with E-state index in [0.29, 0.717) is 10.8 Å². The number of nitrogens with zero attached hydrogens (tertiary/aromatic N) is 1. The van der Waals surface area contributed by atoms with Crippen molar-refractivity contribution in [2.24, 2.45) is 0 Å². The molecule has 22 heavy (non-hydrogen) atoms. The number of hydrogen-bond donors (Lipinski definition) is 1. The van der Waals surface area contributed by atoms with Crippen molar-refractivity contribution in [1.29, 1.82) is 0 Å². The summed E-state index contributed by atoms with van der Waals surface area (Å²) >= 11 is 5.68. The highest BCUT2D eigenvalue weighted by atomic mass is 35.5. The molecule has 0 aliphatic carbocycles. The van der Waals surface area contributed by atoms with Crippen LogP contribution >= 0.6 is 11.6 Å². The molecule has 7 heteroatoms. The minimum Gasteiger partial charge on any atom is -0.321 e. The number of hydrogen-bond acceptors (Lipinski definition) is 4. The monoisotopic (exact) mass is 338 g/mol. The lowest BCUT2D eigenvalue weighted by Crippen LogP contribution is -2.20. The highest BCUT2D eigenvalue weighted by molar-refractivity contribution is 7.92. The molecule has 0 fully saturated rings. The van der Waals surface area contributed by atoms with Crippen molar-refractivity contribution in [3.8, 4) is 0 Å². The Morgan fingerprint density at radius 1 is 1.18 bits per heavy atom. The largest absolute Gasteiger partial charge is 0.321 e. The molecular weight excluding hydrogens is 324 g/mol. The van der Waals surface area contributed by atoms with Crippen LogP contribution in [0, 0.1) is 0 Å². The Morgan fingerprint density at radius 3 is 2.45 bits per heavy atom. The second kappa shape index (κ2) is 6.46. The molecule has 0 atom stereocenters. The van der Waals surface area contributed by atoms with Crippen LogP contribution in [0.3, 0.4) is 0 Å². The van der Waals surface area contributed by atoms with Crippen molar-refractivity contribution in [3.63, 3.8) is 0 Å². The van der Waals surface area contributed by atoms with Crippen LogP contribution in [0.15, 0.2) is 47.5 Å². The maximum Gasteiger partial charge on any atom is 0.257 e. The minimum atomic E-state index is -3.55. The van der Waals surface area contributed by atoms with Gasteiger partial charge in [0.25, 0.3) is 5.91 Å². The zero-order chi connectivity index (χ0) is 16.3. The average molecular weight is 339 g/mol. The van der Waals surface area contributed by atoms with Crippen LogP contribution in [0.25, 0.3) is 0 Å². The first-order chi connectivity index (χ1) is 10.3. The summed E-state index contributed by atoms with van der Waals surface area (Å²) < 4.78 is 24.7. The highest BCUT2D eigenvalue weighted by Crippen LogP contribution is 2.21. The highest BCUT2D eigenvalue weighted by Gasteiger charge is 2.25. The lowest BCUT2D eigenvalue weighted by Gasteiger charge is -2.12. The fourth-order valence-electron chi connectivity index (χ4n) is 1.80. The number of halogens is 1. The summed E-state index contributed by atoms with van der Waals surface area (Å²) in [5.74, 6) is -0.510. The van der Waals surface area contributed by atoms with Crippen LogP contribution in [-0.4, -0.2) is 24.6 Å². The lowest BCUT2D eigenvalue weighted by atomic mass is 10.2. The molecular formula is C15H15ClN2O3S. The number of rotatable bonds is 4. The topological polar surface area (TPSA) is 76.1 Å². The third-order valence-electron chi connectivity index (χ3n) is 3.04. The summed E-state index contributed by atoms with van der Waals surface area (Å²) in [5, 5.41) is 2.31. The van der Waals surface area contributed by atoms with E-state index in [-0.39, 0.29) is 10.5 Å². The molecule has 0 aliphatic rings. The Morgan fingerprint density at radius 2 is 1.86 bits per heavy atom. The van der Waals surface area contributed by atoms with Crippen molar-refractivity contribution in [1.82, 2.24) is 4.98 Å². The molecule has 0 bridgehead atoms. The maximum absolute atomic E-state index is 12.4. The van der Waals surface area contributed by atoms with E-state index in [4.69, 9.17) is 11.6 Å². The van der Waals surface area contributed by atoms with E-state index >= 15 is 0 Å². The minimum absolute atomic E-state index is 0.0180. The van der Waals surface area contributed by atoms with Gasteiger partial charge in [0.05, 0.1) is 27.6 Å². The summed E-state index contributed by atoms with van der Waals surface area (Å²) in [7, 11) is -3.55. The van der Waals surface area contributed by atoms with Gasteiger partial charge in [0.15, 0.2) is 9.84 Å². The quantitative estimate of drug-likeness (QED) is 0.869. The van der Waals surface area contributed by atoms with Crippen molar-refractivity contribution >= 4 is 33.0 Å². The molecule has 0 saturated carbocycles. The van der Waals surface area contributed by atoms with Crippen LogP contribution in [0.1, 0.15) is 24.2 Å². The fraction of sp³-hybridized carbons (Fsp3) is 0.200. The standard InChI is InChI=1S/C15H15ClN2O3S/c1-10(2)22(20,21)13-6-4-3-5-12(13)15(19)18-11-7-8-14(16)17-9-11/h3-10H,1-2H3,(H,18,19). The number of carbonyl (C=O) groups is 1. The van der Waals surface area contributed by atoms with E-state index in [1.807, 2.05) is 0 Å². The van der Waals surface area contributed by atoms with Gasteiger partial charge >= 0.3 is 0 Å². The third kappa shape index (κ3) is 3.45. The van der Waals surface area contributed by atoms with Crippen molar-refractivity contribution in [2.45, 2.75) is 24.0 Å². The molecule has 2 aromatic rings. The molecule has 1 N–H and O–H groups in total. The van der Waals surface area contributed by atoms with Crippen LogP contribution in [0.5, 0.6) is 0 Å². The molecule has 1 heterocycles. The smallest absolute Gasteiger partial charge is 0.257 e. The second-order valence-electron chi connectivity index (χ2n) is 4.91. The summed E-state index contributed by atoms with van der Waals surface area (Å²) in [6.45, 7) is 3.15. The normalized spacial score (nSPS) is 11.5. The number of sulfone groups is 1. The Balaban J connectivity index is 2.37. The van der Waals surface area contributed by atoms with Crippen molar-refractivity contribution in [2.75, 3.05) is 5.32 Å². The molecule has 0 aliphatic heterocycles. The molecule has 1 amide bonds. The molecule has 116 valence electrons. The van der Waals surface area contributed by atoms with Gasteiger partial charge in [-0.1, -0.05) is 23.7 Å². The van der Waals surface area contributed by atoms with Gasteiger partial charge in [-0.05, 0) is 38.1 Å². The average Bonchev–Trinajstić information content (AvgIpc) is 2.49. The molecule has 2 rings (SSSR count).